The van der Waals surface area contributed by atoms with Crippen LogP contribution >= 0.6 is 11.8 Å². The van der Waals surface area contributed by atoms with E-state index < -0.39 is 0 Å². The standard InChI is InChI=1S/C31H38N4S/c1-4-20-33(2)21-12-19-32-30-22-24(23-31-34(3)28-17-10-11-18-29(28)36-31)26-15-8-9-16-27(26)35(30)25-13-6-5-7-14-25/h5-11,13-18,22,24,31-32H,4,12,19-21,23H2,1-3H3. The fraction of sp³-hybridized carbons (Fsp3) is 0.355. The van der Waals surface area contributed by atoms with E-state index in [1.165, 1.54) is 39.8 Å². The van der Waals surface area contributed by atoms with Crippen molar-refractivity contribution in [2.24, 2.45) is 0 Å². The van der Waals surface area contributed by atoms with E-state index in [-0.39, 0.29) is 0 Å². The lowest BCUT2D eigenvalue weighted by molar-refractivity contribution is 0.329. The van der Waals surface area contributed by atoms with Crippen LogP contribution in [0.2, 0.25) is 0 Å². The van der Waals surface area contributed by atoms with Gasteiger partial charge in [-0.25, -0.2) is 0 Å². The van der Waals surface area contributed by atoms with Crippen LogP contribution in [0, 0.1) is 0 Å². The molecule has 0 saturated carbocycles. The van der Waals surface area contributed by atoms with Gasteiger partial charge < -0.3 is 15.1 Å². The fourth-order valence-corrected chi connectivity index (χ4v) is 6.75. The van der Waals surface area contributed by atoms with E-state index >= 15 is 0 Å². The van der Waals surface area contributed by atoms with Crippen molar-refractivity contribution in [1.82, 2.24) is 10.2 Å². The summed E-state index contributed by atoms with van der Waals surface area (Å²) in [5.74, 6) is 1.55. The minimum Gasteiger partial charge on any atom is -0.371 e. The van der Waals surface area contributed by atoms with Crippen molar-refractivity contribution in [1.29, 1.82) is 0 Å². The summed E-state index contributed by atoms with van der Waals surface area (Å²) >= 11 is 2.00. The molecule has 5 rings (SSSR count). The molecule has 0 bridgehead atoms. The zero-order valence-corrected chi connectivity index (χ0v) is 22.5. The maximum absolute atomic E-state index is 3.83. The summed E-state index contributed by atoms with van der Waals surface area (Å²) in [4.78, 5) is 8.67. The second-order valence-corrected chi connectivity index (χ2v) is 11.1. The van der Waals surface area contributed by atoms with Crippen LogP contribution in [0.1, 0.15) is 37.7 Å². The van der Waals surface area contributed by atoms with Crippen LogP contribution in [0.4, 0.5) is 17.1 Å². The smallest absolute Gasteiger partial charge is 0.107 e. The zero-order chi connectivity index (χ0) is 24.9. The number of thioether (sulfide) groups is 1. The fourth-order valence-electron chi connectivity index (χ4n) is 5.39. The van der Waals surface area contributed by atoms with Crippen LogP contribution < -0.4 is 15.1 Å². The highest BCUT2D eigenvalue weighted by molar-refractivity contribution is 8.00. The quantitative estimate of drug-likeness (QED) is 0.302. The van der Waals surface area contributed by atoms with Gasteiger partial charge in [0.25, 0.3) is 0 Å². The molecule has 2 aliphatic heterocycles. The van der Waals surface area contributed by atoms with Crippen LogP contribution in [-0.4, -0.2) is 44.0 Å². The Morgan fingerprint density at radius 3 is 2.39 bits per heavy atom. The Hall–Kier alpha value is -2.89. The summed E-state index contributed by atoms with van der Waals surface area (Å²) < 4.78 is 0. The van der Waals surface area contributed by atoms with Gasteiger partial charge in [0.15, 0.2) is 0 Å². The molecule has 3 aromatic carbocycles. The molecule has 0 aromatic heterocycles. The van der Waals surface area contributed by atoms with Crippen molar-refractivity contribution in [3.63, 3.8) is 0 Å². The van der Waals surface area contributed by atoms with Gasteiger partial charge in [-0.1, -0.05) is 67.2 Å². The van der Waals surface area contributed by atoms with Crippen molar-refractivity contribution in [2.75, 3.05) is 43.5 Å². The van der Waals surface area contributed by atoms with Crippen molar-refractivity contribution in [2.45, 2.75) is 42.4 Å². The second-order valence-electron chi connectivity index (χ2n) is 9.86. The molecular weight excluding hydrogens is 460 g/mol. The van der Waals surface area contributed by atoms with Crippen molar-refractivity contribution in [3.05, 3.63) is 96.3 Å². The lowest BCUT2D eigenvalue weighted by Gasteiger charge is -2.37. The average Bonchev–Trinajstić information content (AvgIpc) is 3.22. The molecule has 2 aliphatic rings. The van der Waals surface area contributed by atoms with Gasteiger partial charge >= 0.3 is 0 Å². The third-order valence-electron chi connectivity index (χ3n) is 7.22. The van der Waals surface area contributed by atoms with E-state index in [0.717, 1.165) is 32.5 Å². The molecule has 2 atom stereocenters. The molecule has 0 radical (unpaired) electrons. The number of nitrogens with one attached hydrogen (secondary N) is 1. The largest absolute Gasteiger partial charge is 0.371 e. The number of fused-ring (bicyclic) bond motifs is 2. The lowest BCUT2D eigenvalue weighted by atomic mass is 9.89. The number of allylic oxidation sites excluding steroid dienone is 1. The molecule has 0 fully saturated rings. The van der Waals surface area contributed by atoms with E-state index in [9.17, 15) is 0 Å². The molecule has 5 heteroatoms. The van der Waals surface area contributed by atoms with Crippen molar-refractivity contribution < 1.29 is 0 Å². The number of hydrogen-bond donors (Lipinski definition) is 1. The molecule has 0 spiro atoms. The van der Waals surface area contributed by atoms with Gasteiger partial charge in [0.2, 0.25) is 0 Å². The monoisotopic (exact) mass is 498 g/mol. The van der Waals surface area contributed by atoms with Crippen LogP contribution in [-0.2, 0) is 0 Å². The van der Waals surface area contributed by atoms with Gasteiger partial charge in [-0.05, 0) is 81.4 Å². The highest BCUT2D eigenvalue weighted by atomic mass is 32.2. The highest BCUT2D eigenvalue weighted by Crippen LogP contribution is 2.48. The zero-order valence-electron chi connectivity index (χ0n) is 21.7. The first-order valence-electron chi connectivity index (χ1n) is 13.2. The average molecular weight is 499 g/mol. The first kappa shape index (κ1) is 24.8. The Kier molecular flexibility index (Phi) is 7.88. The number of hydrogen-bond acceptors (Lipinski definition) is 5. The normalized spacial score (nSPS) is 18.7. The minimum atomic E-state index is 0.348. The molecule has 4 nitrogen and oxygen atoms in total. The Morgan fingerprint density at radius 2 is 1.61 bits per heavy atom. The topological polar surface area (TPSA) is 21.8 Å². The summed E-state index contributed by atoms with van der Waals surface area (Å²) in [6.45, 7) is 5.47. The third-order valence-corrected chi connectivity index (χ3v) is 8.60. The Morgan fingerprint density at radius 1 is 0.889 bits per heavy atom. The Balaban J connectivity index is 1.41. The van der Waals surface area contributed by atoms with E-state index in [4.69, 9.17) is 0 Å². The van der Waals surface area contributed by atoms with Crippen LogP contribution in [0.5, 0.6) is 0 Å². The molecule has 2 heterocycles. The van der Waals surface area contributed by atoms with Crippen molar-refractivity contribution in [3.8, 4) is 0 Å². The molecule has 3 aromatic rings. The lowest BCUT2D eigenvalue weighted by Crippen LogP contribution is -2.35. The summed E-state index contributed by atoms with van der Waals surface area (Å²) in [6, 6.07) is 28.5. The number of para-hydroxylation sites is 3. The molecule has 0 aliphatic carbocycles. The number of benzene rings is 3. The minimum absolute atomic E-state index is 0.348. The number of rotatable bonds is 10. The predicted octanol–water partition coefficient (Wildman–Crippen LogP) is 7.04. The van der Waals surface area contributed by atoms with E-state index in [2.05, 4.69) is 126 Å². The number of anilines is 3. The van der Waals surface area contributed by atoms with Gasteiger partial charge in [0, 0.05) is 30.1 Å². The maximum atomic E-state index is 3.83. The molecule has 0 amide bonds. The molecule has 188 valence electrons. The van der Waals surface area contributed by atoms with Crippen LogP contribution in [0.15, 0.2) is 95.7 Å². The maximum Gasteiger partial charge on any atom is 0.107 e. The van der Waals surface area contributed by atoms with Gasteiger partial charge in [0.05, 0.1) is 16.7 Å². The second kappa shape index (κ2) is 11.4. The summed E-state index contributed by atoms with van der Waals surface area (Å²) in [7, 11) is 4.46. The van der Waals surface area contributed by atoms with E-state index in [0.29, 0.717) is 11.3 Å². The first-order chi connectivity index (χ1) is 17.7. The van der Waals surface area contributed by atoms with Crippen LogP contribution in [0.25, 0.3) is 0 Å². The number of nitrogens with zero attached hydrogens (tertiary/aromatic N) is 3. The summed E-state index contributed by atoms with van der Waals surface area (Å²) in [5.41, 5.74) is 5.23. The SMILES string of the molecule is CCCN(C)CCCNC1=CC(CC2Sc3ccccc3N2C)c2ccccc2N1c1ccccc1. The Bertz CT molecular complexity index is 1180. The molecule has 1 N–H and O–H groups in total. The highest BCUT2D eigenvalue weighted by Gasteiger charge is 2.33. The van der Waals surface area contributed by atoms with Gasteiger partial charge in [-0.2, -0.15) is 0 Å². The van der Waals surface area contributed by atoms with Crippen molar-refractivity contribution >= 4 is 28.8 Å². The molecule has 36 heavy (non-hydrogen) atoms. The van der Waals surface area contributed by atoms with E-state index in [1.54, 1.807) is 0 Å². The third kappa shape index (κ3) is 5.28. The van der Waals surface area contributed by atoms with Gasteiger partial charge in [-0.3, -0.25) is 4.90 Å². The predicted molar refractivity (Wildman–Crippen MR) is 155 cm³/mol. The summed E-state index contributed by atoms with van der Waals surface area (Å²) in [6.07, 6.45) is 5.87. The molecule has 2 unspecified atom stereocenters. The van der Waals surface area contributed by atoms with Crippen LogP contribution in [0.3, 0.4) is 0 Å². The van der Waals surface area contributed by atoms with E-state index in [1.807, 2.05) is 11.8 Å². The first-order valence-corrected chi connectivity index (χ1v) is 14.1. The van der Waals surface area contributed by atoms with Gasteiger partial charge in [0.1, 0.15) is 5.82 Å². The van der Waals surface area contributed by atoms with Gasteiger partial charge in [-0.15, -0.1) is 0 Å². The summed E-state index contributed by atoms with van der Waals surface area (Å²) in [5, 5.41) is 4.25. The molecular formula is C31H38N4S. The Labute approximate surface area is 221 Å². The molecule has 0 saturated heterocycles.